The lowest BCUT2D eigenvalue weighted by molar-refractivity contribution is -0.143. The fourth-order valence-corrected chi connectivity index (χ4v) is 11.2. The molecule has 0 bridgehead atoms. The van der Waals surface area contributed by atoms with E-state index in [-0.39, 0.29) is 18.5 Å². The van der Waals surface area contributed by atoms with Gasteiger partial charge in [-0.1, -0.05) is 352 Å². The van der Waals surface area contributed by atoms with Gasteiger partial charge in [-0.05, 0) is 64.2 Å². The first-order valence-electron chi connectivity index (χ1n) is 35.8. The van der Waals surface area contributed by atoms with E-state index in [4.69, 9.17) is 4.74 Å². The fraction of sp³-hybridized carbons (Fsp3) is 0.890. The summed E-state index contributed by atoms with van der Waals surface area (Å²) in [5.74, 6) is -0.0484. The number of amides is 1. The minimum absolute atomic E-state index is 0.0148. The van der Waals surface area contributed by atoms with Crippen molar-refractivity contribution in [2.45, 2.75) is 405 Å². The molecule has 0 saturated carbocycles. The molecule has 0 radical (unpaired) electrons. The number of ether oxygens (including phenoxy) is 1. The van der Waals surface area contributed by atoms with Gasteiger partial charge in [0.25, 0.3) is 0 Å². The average Bonchev–Trinajstić information content (AvgIpc) is 3.45. The van der Waals surface area contributed by atoms with E-state index in [0.717, 1.165) is 51.4 Å². The van der Waals surface area contributed by atoms with Gasteiger partial charge in [0.2, 0.25) is 5.91 Å². The lowest BCUT2D eigenvalue weighted by atomic mass is 10.0. The Kier molecular flexibility index (Phi) is 66.9. The Hall–Kier alpha value is -1.92. The van der Waals surface area contributed by atoms with Gasteiger partial charge in [0.15, 0.2) is 0 Å². The van der Waals surface area contributed by atoms with E-state index in [1.807, 2.05) is 6.08 Å². The molecule has 0 aliphatic carbocycles. The standard InChI is InChI=1S/C73H139NO5/c1-3-5-7-9-11-13-15-16-17-37-41-44-47-51-55-59-63-67-73(78)79-68-64-60-56-52-48-45-42-39-36-34-32-30-28-26-24-22-20-18-19-21-23-25-27-29-31-33-35-38-40-43-46-50-54-58-62-66-72(77)74-70(69-75)71(76)65-61-57-53-49-14-12-10-8-6-4-2/h11,13,16-17,61,65,70-71,75-76H,3-10,12,14-15,18-60,62-64,66-69H2,1-2H3,(H,74,77)/b13-11-,17-16-,65-61+. The van der Waals surface area contributed by atoms with Crippen LogP contribution in [-0.2, 0) is 14.3 Å². The van der Waals surface area contributed by atoms with E-state index in [0.29, 0.717) is 19.4 Å². The normalized spacial score (nSPS) is 12.7. The van der Waals surface area contributed by atoms with E-state index in [1.165, 1.54) is 315 Å². The molecule has 0 aliphatic rings. The topological polar surface area (TPSA) is 95.9 Å². The molecule has 2 atom stereocenters. The second kappa shape index (κ2) is 68.6. The van der Waals surface area contributed by atoms with Gasteiger partial charge in [-0.3, -0.25) is 9.59 Å². The molecule has 466 valence electrons. The van der Waals surface area contributed by atoms with Crippen LogP contribution < -0.4 is 5.32 Å². The van der Waals surface area contributed by atoms with Crippen LogP contribution in [0.1, 0.15) is 393 Å². The van der Waals surface area contributed by atoms with Crippen LogP contribution in [0.5, 0.6) is 0 Å². The quantitative estimate of drug-likeness (QED) is 0.0320. The van der Waals surface area contributed by atoms with Crippen LogP contribution in [0.15, 0.2) is 36.5 Å². The molecule has 0 heterocycles. The summed E-state index contributed by atoms with van der Waals surface area (Å²) in [5.41, 5.74) is 0. The predicted molar refractivity (Wildman–Crippen MR) is 347 cm³/mol. The van der Waals surface area contributed by atoms with Crippen molar-refractivity contribution in [1.82, 2.24) is 5.32 Å². The Morgan fingerprint density at radius 2 is 0.633 bits per heavy atom. The maximum absolute atomic E-state index is 12.4. The summed E-state index contributed by atoms with van der Waals surface area (Å²) in [5, 5.41) is 23.0. The lowest BCUT2D eigenvalue weighted by Gasteiger charge is -2.20. The van der Waals surface area contributed by atoms with Crippen LogP contribution in [0.2, 0.25) is 0 Å². The molecular formula is C73H139NO5. The number of carbonyl (C=O) groups excluding carboxylic acids is 2. The highest BCUT2D eigenvalue weighted by Crippen LogP contribution is 2.19. The van der Waals surface area contributed by atoms with E-state index in [1.54, 1.807) is 6.08 Å². The van der Waals surface area contributed by atoms with Gasteiger partial charge < -0.3 is 20.3 Å². The fourth-order valence-electron chi connectivity index (χ4n) is 11.2. The van der Waals surface area contributed by atoms with Crippen molar-refractivity contribution in [3.8, 4) is 0 Å². The number of carbonyl (C=O) groups is 2. The zero-order chi connectivity index (χ0) is 57.1. The van der Waals surface area contributed by atoms with Crippen LogP contribution in [0.3, 0.4) is 0 Å². The van der Waals surface area contributed by atoms with Gasteiger partial charge in [0.1, 0.15) is 0 Å². The maximum Gasteiger partial charge on any atom is 0.305 e. The number of nitrogens with one attached hydrogen (secondary N) is 1. The van der Waals surface area contributed by atoms with Gasteiger partial charge in [-0.15, -0.1) is 0 Å². The summed E-state index contributed by atoms with van der Waals surface area (Å²) >= 11 is 0. The summed E-state index contributed by atoms with van der Waals surface area (Å²) in [4.78, 5) is 24.5. The van der Waals surface area contributed by atoms with Crippen molar-refractivity contribution in [3.63, 3.8) is 0 Å². The van der Waals surface area contributed by atoms with Crippen molar-refractivity contribution >= 4 is 11.9 Å². The summed E-state index contributed by atoms with van der Waals surface area (Å²) in [6.45, 7) is 4.88. The number of aliphatic hydroxyl groups is 2. The second-order valence-electron chi connectivity index (χ2n) is 24.6. The van der Waals surface area contributed by atoms with Crippen LogP contribution in [-0.4, -0.2) is 47.4 Å². The first kappa shape index (κ1) is 77.1. The van der Waals surface area contributed by atoms with Crippen molar-refractivity contribution in [2.75, 3.05) is 13.2 Å². The summed E-state index contributed by atoms with van der Waals surface area (Å²) in [6, 6.07) is -0.622. The van der Waals surface area contributed by atoms with Crippen LogP contribution in [0, 0.1) is 0 Å². The molecule has 0 rings (SSSR count). The Balaban J connectivity index is 3.29. The van der Waals surface area contributed by atoms with Crippen molar-refractivity contribution < 1.29 is 24.5 Å². The molecule has 6 nitrogen and oxygen atoms in total. The SMILES string of the molecule is CCCCC/C=C\C/C=C\CCCCCCCCCC(=O)OCCCCCCCCCCCCCCCCCCCCCCCCCCCCCCCCCCCCCC(=O)NC(CO)C(O)/C=C/CCCCCCCCCC. The number of aliphatic hydroxyl groups excluding tert-OH is 2. The molecule has 0 fully saturated rings. The molecule has 3 N–H and O–H groups in total. The van der Waals surface area contributed by atoms with Crippen LogP contribution >= 0.6 is 0 Å². The van der Waals surface area contributed by atoms with E-state index < -0.39 is 12.1 Å². The molecule has 0 aromatic heterocycles. The van der Waals surface area contributed by atoms with Gasteiger partial charge in [-0.2, -0.15) is 0 Å². The van der Waals surface area contributed by atoms with Crippen LogP contribution in [0.4, 0.5) is 0 Å². The number of hydrogen-bond donors (Lipinski definition) is 3. The molecule has 6 heteroatoms. The van der Waals surface area contributed by atoms with Gasteiger partial charge in [-0.25, -0.2) is 0 Å². The third-order valence-electron chi connectivity index (χ3n) is 16.7. The number of allylic oxidation sites excluding steroid dienone is 5. The Labute approximate surface area is 494 Å². The lowest BCUT2D eigenvalue weighted by Crippen LogP contribution is -2.45. The van der Waals surface area contributed by atoms with Gasteiger partial charge >= 0.3 is 5.97 Å². The molecule has 1 amide bonds. The monoisotopic (exact) mass is 1110 g/mol. The molecule has 0 spiro atoms. The number of rotatable bonds is 67. The van der Waals surface area contributed by atoms with E-state index in [9.17, 15) is 19.8 Å². The predicted octanol–water partition coefficient (Wildman–Crippen LogP) is 23.1. The molecule has 0 aromatic carbocycles. The molecular weight excluding hydrogens is 971 g/mol. The maximum atomic E-state index is 12.4. The van der Waals surface area contributed by atoms with Crippen molar-refractivity contribution in [2.24, 2.45) is 0 Å². The van der Waals surface area contributed by atoms with Crippen LogP contribution in [0.25, 0.3) is 0 Å². The zero-order valence-electron chi connectivity index (χ0n) is 53.4. The summed E-state index contributed by atoms with van der Waals surface area (Å²) in [6.07, 6.45) is 88.2. The third-order valence-corrected chi connectivity index (χ3v) is 16.7. The molecule has 0 aromatic rings. The zero-order valence-corrected chi connectivity index (χ0v) is 53.4. The first-order valence-corrected chi connectivity index (χ1v) is 35.8. The van der Waals surface area contributed by atoms with E-state index in [2.05, 4.69) is 43.5 Å². The number of unbranched alkanes of at least 4 members (excludes halogenated alkanes) is 52. The molecule has 0 aliphatic heterocycles. The molecule has 2 unspecified atom stereocenters. The largest absolute Gasteiger partial charge is 0.466 e. The first-order chi connectivity index (χ1) is 39.0. The Morgan fingerprint density at radius 1 is 0.354 bits per heavy atom. The Bertz CT molecular complexity index is 1280. The summed E-state index contributed by atoms with van der Waals surface area (Å²) < 4.78 is 5.50. The smallest absolute Gasteiger partial charge is 0.305 e. The molecule has 0 saturated heterocycles. The van der Waals surface area contributed by atoms with Crippen molar-refractivity contribution in [3.05, 3.63) is 36.5 Å². The summed E-state index contributed by atoms with van der Waals surface area (Å²) in [7, 11) is 0. The average molecular weight is 1110 g/mol. The van der Waals surface area contributed by atoms with Gasteiger partial charge in [0.05, 0.1) is 25.4 Å². The third kappa shape index (κ3) is 65.1. The minimum Gasteiger partial charge on any atom is -0.466 e. The van der Waals surface area contributed by atoms with E-state index >= 15 is 0 Å². The van der Waals surface area contributed by atoms with Crippen molar-refractivity contribution in [1.29, 1.82) is 0 Å². The minimum atomic E-state index is -0.838. The molecule has 79 heavy (non-hydrogen) atoms. The highest BCUT2D eigenvalue weighted by atomic mass is 16.5. The number of esters is 1. The highest BCUT2D eigenvalue weighted by molar-refractivity contribution is 5.76. The highest BCUT2D eigenvalue weighted by Gasteiger charge is 2.18. The second-order valence-corrected chi connectivity index (χ2v) is 24.6. The number of hydrogen-bond acceptors (Lipinski definition) is 5. The van der Waals surface area contributed by atoms with Gasteiger partial charge in [0, 0.05) is 12.8 Å². The Morgan fingerprint density at radius 3 is 0.987 bits per heavy atom.